The maximum absolute atomic E-state index is 12.7. The Morgan fingerprint density at radius 1 is 1.24 bits per heavy atom. The molecule has 4 nitrogen and oxygen atoms in total. The van der Waals surface area contributed by atoms with Crippen molar-refractivity contribution >= 4 is 11.8 Å². The van der Waals surface area contributed by atoms with Gasteiger partial charge in [-0.2, -0.15) is 0 Å². The highest BCUT2D eigenvalue weighted by molar-refractivity contribution is 5.87. The molecule has 1 saturated heterocycles. The molecule has 118 valence electrons. The van der Waals surface area contributed by atoms with Crippen LogP contribution in [0.2, 0.25) is 0 Å². The van der Waals surface area contributed by atoms with Crippen LogP contribution >= 0.6 is 0 Å². The molecule has 0 aromatic rings. The fourth-order valence-corrected chi connectivity index (χ4v) is 2.98. The number of likely N-dealkylation sites (tertiary alicyclic amines) is 1. The van der Waals surface area contributed by atoms with E-state index in [-0.39, 0.29) is 23.8 Å². The molecule has 2 aliphatic rings. The van der Waals surface area contributed by atoms with E-state index in [0.717, 1.165) is 19.3 Å². The van der Waals surface area contributed by atoms with E-state index in [1.807, 2.05) is 0 Å². The van der Waals surface area contributed by atoms with Gasteiger partial charge in [0.05, 0.1) is 6.54 Å². The summed E-state index contributed by atoms with van der Waals surface area (Å²) in [5.41, 5.74) is 0. The van der Waals surface area contributed by atoms with E-state index in [4.69, 9.17) is 0 Å². The number of amides is 2. The van der Waals surface area contributed by atoms with E-state index in [2.05, 4.69) is 6.58 Å². The Morgan fingerprint density at radius 3 is 2.29 bits per heavy atom. The van der Waals surface area contributed by atoms with Crippen molar-refractivity contribution in [3.63, 3.8) is 0 Å². The van der Waals surface area contributed by atoms with E-state index in [9.17, 15) is 18.4 Å². The number of rotatable bonds is 5. The molecule has 1 heterocycles. The lowest BCUT2D eigenvalue weighted by Crippen LogP contribution is -2.51. The molecule has 21 heavy (non-hydrogen) atoms. The molecule has 0 aromatic heterocycles. The fraction of sp³-hybridized carbons (Fsp3) is 0.733. The first-order valence-corrected chi connectivity index (χ1v) is 7.53. The Labute approximate surface area is 123 Å². The Bertz CT molecular complexity index is 402. The predicted octanol–water partition coefficient (Wildman–Crippen LogP) is 2.06. The number of hydrogen-bond donors (Lipinski definition) is 0. The number of hydrogen-bond acceptors (Lipinski definition) is 2. The van der Waals surface area contributed by atoms with Crippen LogP contribution in [0.15, 0.2) is 12.7 Å². The Hall–Kier alpha value is -1.46. The van der Waals surface area contributed by atoms with Gasteiger partial charge in [-0.3, -0.25) is 9.59 Å². The first kappa shape index (κ1) is 15.9. The summed E-state index contributed by atoms with van der Waals surface area (Å²) in [6.07, 6.45) is 2.52. The molecule has 6 heteroatoms. The first-order valence-electron chi connectivity index (χ1n) is 7.53. The van der Waals surface area contributed by atoms with Gasteiger partial charge in [0, 0.05) is 25.0 Å². The number of halogens is 2. The Morgan fingerprint density at radius 2 is 1.86 bits per heavy atom. The van der Waals surface area contributed by atoms with E-state index in [0.29, 0.717) is 25.9 Å². The predicted molar refractivity (Wildman–Crippen MR) is 74.9 cm³/mol. The molecular weight excluding hydrogens is 278 g/mol. The normalized spacial score (nSPS) is 20.2. The van der Waals surface area contributed by atoms with Crippen LogP contribution in [0, 0.1) is 5.92 Å². The summed E-state index contributed by atoms with van der Waals surface area (Å²) < 4.78 is 25.4. The van der Waals surface area contributed by atoms with Gasteiger partial charge < -0.3 is 9.80 Å². The number of carbonyl (C=O) groups excluding carboxylic acids is 2. The lowest BCUT2D eigenvalue weighted by molar-refractivity contribution is -0.145. The van der Waals surface area contributed by atoms with Crippen LogP contribution < -0.4 is 0 Å². The molecule has 0 aromatic carbocycles. The average molecular weight is 300 g/mol. The van der Waals surface area contributed by atoms with E-state index < -0.39 is 13.0 Å². The van der Waals surface area contributed by atoms with E-state index in [1.54, 1.807) is 4.90 Å². The molecule has 0 radical (unpaired) electrons. The summed E-state index contributed by atoms with van der Waals surface area (Å²) in [5, 5.41) is 0. The van der Waals surface area contributed by atoms with Crippen LogP contribution in [0.25, 0.3) is 0 Å². The van der Waals surface area contributed by atoms with Crippen molar-refractivity contribution in [3.05, 3.63) is 12.7 Å². The van der Waals surface area contributed by atoms with Crippen LogP contribution in [-0.2, 0) is 9.59 Å². The zero-order chi connectivity index (χ0) is 15.4. The van der Waals surface area contributed by atoms with E-state index >= 15 is 0 Å². The Balaban J connectivity index is 1.92. The summed E-state index contributed by atoms with van der Waals surface area (Å²) in [7, 11) is 0. The van der Waals surface area contributed by atoms with Gasteiger partial charge in [-0.15, -0.1) is 0 Å². The van der Waals surface area contributed by atoms with Crippen LogP contribution in [0.1, 0.15) is 32.1 Å². The molecule has 0 atom stereocenters. The second-order valence-corrected chi connectivity index (χ2v) is 5.77. The third kappa shape index (κ3) is 3.80. The molecule has 0 N–H and O–H groups in total. The second kappa shape index (κ2) is 7.00. The summed E-state index contributed by atoms with van der Waals surface area (Å²) in [6, 6.07) is -0.0145. The molecular formula is C15H22F2N2O2. The smallest absolute Gasteiger partial charge is 0.255 e. The van der Waals surface area contributed by atoms with Crippen molar-refractivity contribution in [3.8, 4) is 0 Å². The van der Waals surface area contributed by atoms with Crippen molar-refractivity contribution in [1.82, 2.24) is 9.80 Å². The van der Waals surface area contributed by atoms with Gasteiger partial charge in [-0.25, -0.2) is 8.78 Å². The maximum Gasteiger partial charge on any atom is 0.255 e. The minimum Gasteiger partial charge on any atom is -0.339 e. The maximum atomic E-state index is 12.7. The molecule has 2 rings (SSSR count). The monoisotopic (exact) mass is 300 g/mol. The quantitative estimate of drug-likeness (QED) is 0.729. The third-order valence-electron chi connectivity index (χ3n) is 4.46. The van der Waals surface area contributed by atoms with Gasteiger partial charge in [-0.05, 0) is 38.2 Å². The van der Waals surface area contributed by atoms with Gasteiger partial charge in [-0.1, -0.05) is 6.58 Å². The van der Waals surface area contributed by atoms with Crippen molar-refractivity contribution in [1.29, 1.82) is 0 Å². The topological polar surface area (TPSA) is 40.6 Å². The minimum absolute atomic E-state index is 0.0145. The molecule has 0 spiro atoms. The molecule has 2 fully saturated rings. The van der Waals surface area contributed by atoms with Gasteiger partial charge in [0.15, 0.2) is 0 Å². The largest absolute Gasteiger partial charge is 0.339 e. The van der Waals surface area contributed by atoms with Crippen LogP contribution in [0.3, 0.4) is 0 Å². The lowest BCUT2D eigenvalue weighted by atomic mass is 9.88. The zero-order valence-electron chi connectivity index (χ0n) is 12.1. The van der Waals surface area contributed by atoms with Crippen LogP contribution in [-0.4, -0.2) is 53.7 Å². The highest BCUT2D eigenvalue weighted by atomic mass is 19.3. The van der Waals surface area contributed by atoms with E-state index in [1.165, 1.54) is 11.0 Å². The van der Waals surface area contributed by atoms with Gasteiger partial charge >= 0.3 is 0 Å². The van der Waals surface area contributed by atoms with Gasteiger partial charge in [0.2, 0.25) is 11.8 Å². The number of piperidine rings is 1. The summed E-state index contributed by atoms with van der Waals surface area (Å²) in [4.78, 5) is 27.0. The van der Waals surface area contributed by atoms with Crippen molar-refractivity contribution < 1.29 is 18.4 Å². The first-order chi connectivity index (χ1) is 10.0. The van der Waals surface area contributed by atoms with Gasteiger partial charge in [0.1, 0.15) is 0 Å². The Kier molecular flexibility index (Phi) is 5.31. The minimum atomic E-state index is -2.49. The lowest BCUT2D eigenvalue weighted by Gasteiger charge is -2.41. The summed E-state index contributed by atoms with van der Waals surface area (Å²) in [6.45, 7) is 3.97. The average Bonchev–Trinajstić information content (AvgIpc) is 2.43. The SMILES string of the molecule is C=CC(=O)N1CCC(C(=O)N(CC(F)F)C2CCC2)CC1. The standard InChI is InChI=1S/C15H22F2N2O2/c1-2-14(20)18-8-6-11(7-9-18)15(21)19(10-13(16)17)12-4-3-5-12/h2,11-13H,1,3-10H2. The highest BCUT2D eigenvalue weighted by Gasteiger charge is 2.36. The van der Waals surface area contributed by atoms with Gasteiger partial charge in [0.25, 0.3) is 6.43 Å². The number of carbonyl (C=O) groups is 2. The summed E-state index contributed by atoms with van der Waals surface area (Å²) >= 11 is 0. The van der Waals surface area contributed by atoms with Crippen molar-refractivity contribution in [2.24, 2.45) is 5.92 Å². The number of alkyl halides is 2. The summed E-state index contributed by atoms with van der Waals surface area (Å²) in [5.74, 6) is -0.534. The number of nitrogens with zero attached hydrogens (tertiary/aromatic N) is 2. The molecule has 1 aliphatic carbocycles. The molecule has 0 unspecified atom stereocenters. The third-order valence-corrected chi connectivity index (χ3v) is 4.46. The zero-order valence-corrected chi connectivity index (χ0v) is 12.1. The van der Waals surface area contributed by atoms with Crippen LogP contribution in [0.5, 0.6) is 0 Å². The fourth-order valence-electron chi connectivity index (χ4n) is 2.98. The van der Waals surface area contributed by atoms with Crippen molar-refractivity contribution in [2.75, 3.05) is 19.6 Å². The molecule has 0 bridgehead atoms. The van der Waals surface area contributed by atoms with Crippen molar-refractivity contribution in [2.45, 2.75) is 44.6 Å². The second-order valence-electron chi connectivity index (χ2n) is 5.77. The molecule has 1 aliphatic heterocycles. The molecule has 2 amide bonds. The molecule has 1 saturated carbocycles. The van der Waals surface area contributed by atoms with Crippen LogP contribution in [0.4, 0.5) is 8.78 Å². The highest BCUT2D eigenvalue weighted by Crippen LogP contribution is 2.29.